The van der Waals surface area contributed by atoms with Gasteiger partial charge in [0.15, 0.2) is 0 Å². The number of nitrogens with zero attached hydrogens (tertiary/aromatic N) is 3. The summed E-state index contributed by atoms with van der Waals surface area (Å²) in [6, 6.07) is 17.2. The highest BCUT2D eigenvalue weighted by molar-refractivity contribution is 6.04. The van der Waals surface area contributed by atoms with Crippen LogP contribution in [0.1, 0.15) is 21.5 Å². The number of amides is 1. The van der Waals surface area contributed by atoms with E-state index in [1.807, 2.05) is 47.2 Å². The lowest BCUT2D eigenvalue weighted by Gasteiger charge is -2.26. The Morgan fingerprint density at radius 3 is 2.69 bits per heavy atom. The summed E-state index contributed by atoms with van der Waals surface area (Å²) in [5.41, 5.74) is 3.29. The van der Waals surface area contributed by atoms with Gasteiger partial charge >= 0.3 is 5.97 Å². The molecule has 0 atom stereocenters. The molecule has 0 bridgehead atoms. The first kappa shape index (κ1) is 21.3. The molecule has 162 valence electrons. The molecule has 1 aliphatic heterocycles. The highest BCUT2D eigenvalue weighted by atomic mass is 16.5. The maximum Gasteiger partial charge on any atom is 0.337 e. The lowest BCUT2D eigenvalue weighted by Crippen LogP contribution is -2.41. The molecule has 7 heteroatoms. The Balaban J connectivity index is 1.69. The predicted octanol–water partition coefficient (Wildman–Crippen LogP) is 3.24. The third-order valence-corrected chi connectivity index (χ3v) is 5.47. The molecule has 0 aliphatic carbocycles. The number of hydrogen-bond acceptors (Lipinski definition) is 5. The number of esters is 1. The van der Waals surface area contributed by atoms with Gasteiger partial charge in [0.05, 0.1) is 25.9 Å². The molecule has 0 radical (unpaired) electrons. The third kappa shape index (κ3) is 4.41. The van der Waals surface area contributed by atoms with Crippen LogP contribution < -0.4 is 0 Å². The van der Waals surface area contributed by atoms with Crippen LogP contribution in [-0.4, -0.2) is 54.8 Å². The van der Waals surface area contributed by atoms with Gasteiger partial charge < -0.3 is 18.9 Å². The van der Waals surface area contributed by atoms with Crippen molar-refractivity contribution in [2.45, 2.75) is 6.54 Å². The Kier molecular flexibility index (Phi) is 6.34. The fourth-order valence-electron chi connectivity index (χ4n) is 3.87. The second kappa shape index (κ2) is 9.50. The van der Waals surface area contributed by atoms with E-state index in [4.69, 9.17) is 9.47 Å². The Labute approximate surface area is 186 Å². The molecular formula is C25H23N3O4. The summed E-state index contributed by atoms with van der Waals surface area (Å²) in [5.74, 6) is -0.661. The number of carbonyl (C=O) groups is 2. The van der Waals surface area contributed by atoms with E-state index < -0.39 is 0 Å². The summed E-state index contributed by atoms with van der Waals surface area (Å²) in [4.78, 5) is 26.3. The maximum absolute atomic E-state index is 12.8. The average molecular weight is 429 g/mol. The quantitative estimate of drug-likeness (QED) is 0.353. The zero-order chi connectivity index (χ0) is 22.5. The number of ether oxygens (including phenoxy) is 2. The van der Waals surface area contributed by atoms with Gasteiger partial charge in [0.1, 0.15) is 11.6 Å². The molecule has 1 amide bonds. The Hall–Kier alpha value is -3.89. The molecular weight excluding hydrogens is 406 g/mol. The first-order chi connectivity index (χ1) is 15.6. The number of rotatable bonds is 5. The van der Waals surface area contributed by atoms with Crippen LogP contribution >= 0.6 is 0 Å². The minimum Gasteiger partial charge on any atom is -0.465 e. The number of nitriles is 1. The predicted molar refractivity (Wildman–Crippen MR) is 120 cm³/mol. The summed E-state index contributed by atoms with van der Waals surface area (Å²) in [7, 11) is 1.36. The van der Waals surface area contributed by atoms with Crippen molar-refractivity contribution in [2.75, 3.05) is 33.4 Å². The summed E-state index contributed by atoms with van der Waals surface area (Å²) >= 11 is 0. The van der Waals surface area contributed by atoms with E-state index in [2.05, 4.69) is 6.07 Å². The van der Waals surface area contributed by atoms with Gasteiger partial charge in [0, 0.05) is 42.3 Å². The second-order valence-corrected chi connectivity index (χ2v) is 7.50. The number of para-hydroxylation sites is 1. The van der Waals surface area contributed by atoms with Gasteiger partial charge in [-0.15, -0.1) is 0 Å². The Morgan fingerprint density at radius 2 is 1.94 bits per heavy atom. The molecule has 2 heterocycles. The zero-order valence-electron chi connectivity index (χ0n) is 17.8. The largest absolute Gasteiger partial charge is 0.465 e. The molecule has 7 nitrogen and oxygen atoms in total. The van der Waals surface area contributed by atoms with Crippen LogP contribution in [0.5, 0.6) is 0 Å². The summed E-state index contributed by atoms with van der Waals surface area (Å²) in [5, 5.41) is 10.6. The SMILES string of the molecule is COC(=O)c1cccc(Cn2cc(C=C(C#N)C(=O)N3CCOCC3)c3ccccc32)c1. The van der Waals surface area contributed by atoms with E-state index in [9.17, 15) is 14.9 Å². The molecule has 32 heavy (non-hydrogen) atoms. The smallest absolute Gasteiger partial charge is 0.337 e. The normalized spacial score (nSPS) is 14.2. The summed E-state index contributed by atoms with van der Waals surface area (Å²) in [6.45, 7) is 2.45. The molecule has 2 aromatic carbocycles. The van der Waals surface area contributed by atoms with Crippen LogP contribution in [0.25, 0.3) is 17.0 Å². The number of methoxy groups -OCH3 is 1. The lowest BCUT2D eigenvalue weighted by atomic mass is 10.1. The standard InChI is InChI=1S/C25H23N3O4/c1-31-25(30)19-6-4-5-18(13-19)16-28-17-21(22-7-2-3-8-23(22)28)14-20(15-26)24(29)27-9-11-32-12-10-27/h2-8,13-14,17H,9-12,16H2,1H3. The third-order valence-electron chi connectivity index (χ3n) is 5.47. The van der Waals surface area contributed by atoms with Crippen LogP contribution in [-0.2, 0) is 20.8 Å². The van der Waals surface area contributed by atoms with Gasteiger partial charge in [-0.3, -0.25) is 4.79 Å². The van der Waals surface area contributed by atoms with E-state index >= 15 is 0 Å². The van der Waals surface area contributed by atoms with E-state index in [0.717, 1.165) is 22.0 Å². The maximum atomic E-state index is 12.8. The van der Waals surface area contributed by atoms with Crippen LogP contribution in [0.3, 0.4) is 0 Å². The molecule has 1 fully saturated rings. The molecule has 1 saturated heterocycles. The van der Waals surface area contributed by atoms with Crippen LogP contribution in [0.15, 0.2) is 60.3 Å². The number of fused-ring (bicyclic) bond motifs is 1. The van der Waals surface area contributed by atoms with Gasteiger partial charge in [-0.1, -0.05) is 30.3 Å². The monoisotopic (exact) mass is 429 g/mol. The average Bonchev–Trinajstić information content (AvgIpc) is 3.19. The van der Waals surface area contributed by atoms with Crippen molar-refractivity contribution in [1.82, 2.24) is 9.47 Å². The minimum atomic E-state index is -0.381. The number of benzene rings is 2. The Bertz CT molecular complexity index is 1230. The fourth-order valence-corrected chi connectivity index (χ4v) is 3.87. The van der Waals surface area contributed by atoms with E-state index in [-0.39, 0.29) is 17.4 Å². The van der Waals surface area contributed by atoms with Crippen molar-refractivity contribution in [3.8, 4) is 6.07 Å². The van der Waals surface area contributed by atoms with Gasteiger partial charge in [0.25, 0.3) is 5.91 Å². The molecule has 1 aliphatic rings. The van der Waals surface area contributed by atoms with Gasteiger partial charge in [-0.25, -0.2) is 4.79 Å². The van der Waals surface area contributed by atoms with Crippen molar-refractivity contribution < 1.29 is 19.1 Å². The van der Waals surface area contributed by atoms with Gasteiger partial charge in [-0.05, 0) is 29.8 Å². The van der Waals surface area contributed by atoms with Crippen LogP contribution in [0.2, 0.25) is 0 Å². The van der Waals surface area contributed by atoms with Gasteiger partial charge in [0.2, 0.25) is 0 Å². The lowest BCUT2D eigenvalue weighted by molar-refractivity contribution is -0.130. The highest BCUT2D eigenvalue weighted by Gasteiger charge is 2.21. The van der Waals surface area contributed by atoms with E-state index in [1.54, 1.807) is 23.1 Å². The molecule has 4 rings (SSSR count). The number of aromatic nitrogens is 1. The van der Waals surface area contributed by atoms with E-state index in [0.29, 0.717) is 38.4 Å². The zero-order valence-corrected chi connectivity index (χ0v) is 17.8. The first-order valence-electron chi connectivity index (χ1n) is 10.3. The highest BCUT2D eigenvalue weighted by Crippen LogP contribution is 2.25. The van der Waals surface area contributed by atoms with Gasteiger partial charge in [-0.2, -0.15) is 5.26 Å². The second-order valence-electron chi connectivity index (χ2n) is 7.50. The minimum absolute atomic E-state index is 0.0995. The molecule has 0 unspecified atom stereocenters. The van der Waals surface area contributed by atoms with Crippen molar-refractivity contribution in [2.24, 2.45) is 0 Å². The number of morpholine rings is 1. The molecule has 3 aromatic rings. The Morgan fingerprint density at radius 1 is 1.16 bits per heavy atom. The molecule has 0 N–H and O–H groups in total. The van der Waals surface area contributed by atoms with Crippen molar-refractivity contribution in [3.05, 3.63) is 77.0 Å². The van der Waals surface area contributed by atoms with Crippen LogP contribution in [0.4, 0.5) is 0 Å². The topological polar surface area (TPSA) is 84.6 Å². The van der Waals surface area contributed by atoms with E-state index in [1.165, 1.54) is 7.11 Å². The van der Waals surface area contributed by atoms with Crippen molar-refractivity contribution in [3.63, 3.8) is 0 Å². The number of hydrogen-bond donors (Lipinski definition) is 0. The molecule has 1 aromatic heterocycles. The molecule has 0 saturated carbocycles. The fraction of sp³-hybridized carbons (Fsp3) is 0.240. The van der Waals surface area contributed by atoms with Crippen LogP contribution in [0, 0.1) is 11.3 Å². The van der Waals surface area contributed by atoms with Crippen molar-refractivity contribution >= 4 is 28.9 Å². The summed E-state index contributed by atoms with van der Waals surface area (Å²) < 4.78 is 12.2. The number of carbonyl (C=O) groups excluding carboxylic acids is 2. The molecule has 0 spiro atoms. The first-order valence-corrected chi connectivity index (χ1v) is 10.3. The summed E-state index contributed by atoms with van der Waals surface area (Å²) in [6.07, 6.45) is 3.58. The van der Waals surface area contributed by atoms with Crippen molar-refractivity contribution in [1.29, 1.82) is 5.26 Å².